The van der Waals surface area contributed by atoms with E-state index in [0.29, 0.717) is 6.20 Å². The first-order chi connectivity index (χ1) is 9.69. The summed E-state index contributed by atoms with van der Waals surface area (Å²) in [5.74, 6) is -2.50. The van der Waals surface area contributed by atoms with Gasteiger partial charge in [-0.2, -0.15) is 0 Å². The Balaban J connectivity index is 3.45. The van der Waals surface area contributed by atoms with Crippen molar-refractivity contribution < 1.29 is 36.2 Å². The van der Waals surface area contributed by atoms with Crippen molar-refractivity contribution in [2.75, 3.05) is 7.11 Å². The van der Waals surface area contributed by atoms with Gasteiger partial charge in [-0.3, -0.25) is 9.78 Å². The van der Waals surface area contributed by atoms with Crippen molar-refractivity contribution in [1.29, 1.82) is 0 Å². The third-order valence-electron chi connectivity index (χ3n) is 2.37. The summed E-state index contributed by atoms with van der Waals surface area (Å²) in [5.41, 5.74) is -1.74. The fraction of sp³-hybridized carbons (Fsp3) is 0.455. The lowest BCUT2D eigenvalue weighted by molar-refractivity contribution is -0.275. The van der Waals surface area contributed by atoms with E-state index >= 15 is 0 Å². The Morgan fingerprint density at radius 2 is 2.05 bits per heavy atom. The fourth-order valence-corrected chi connectivity index (χ4v) is 1.73. The van der Waals surface area contributed by atoms with Crippen molar-refractivity contribution in [2.24, 2.45) is 0 Å². The quantitative estimate of drug-likeness (QED) is 0.471. The third kappa shape index (κ3) is 4.69. The van der Waals surface area contributed by atoms with Crippen LogP contribution in [0.1, 0.15) is 23.2 Å². The third-order valence-corrected chi connectivity index (χ3v) is 2.63. The molecule has 0 amide bonds. The van der Waals surface area contributed by atoms with Gasteiger partial charge in [0.15, 0.2) is 0 Å². The zero-order valence-electron chi connectivity index (χ0n) is 10.5. The number of ether oxygens (including phenoxy) is 2. The molecule has 1 aromatic heterocycles. The van der Waals surface area contributed by atoms with Crippen LogP contribution in [0.4, 0.5) is 22.0 Å². The molecule has 0 aromatic carbocycles. The van der Waals surface area contributed by atoms with Gasteiger partial charge in [0.05, 0.1) is 30.7 Å². The van der Waals surface area contributed by atoms with Crippen LogP contribution in [0.25, 0.3) is 0 Å². The summed E-state index contributed by atoms with van der Waals surface area (Å²) in [5, 5.41) is 0. The summed E-state index contributed by atoms with van der Waals surface area (Å²) in [6, 6.07) is 0. The van der Waals surface area contributed by atoms with Crippen LogP contribution in [0.15, 0.2) is 6.20 Å². The average molecular weight is 334 g/mol. The molecule has 0 saturated carbocycles. The Bertz CT molecular complexity index is 521. The number of carbonyl (C=O) groups excluding carboxylic acids is 1. The molecule has 0 radical (unpaired) electrons. The first kappa shape index (κ1) is 17.4. The summed E-state index contributed by atoms with van der Waals surface area (Å²) in [6.07, 6.45) is -8.67. The Labute approximate surface area is 120 Å². The second-order valence-corrected chi connectivity index (χ2v) is 3.97. The summed E-state index contributed by atoms with van der Waals surface area (Å²) in [7, 11) is 0.997. The minimum Gasteiger partial charge on any atom is -0.469 e. The molecule has 0 atom stereocenters. The molecule has 0 saturated heterocycles. The summed E-state index contributed by atoms with van der Waals surface area (Å²) < 4.78 is 70.7. The number of alkyl halides is 6. The number of carbonyl (C=O) groups is 1. The number of hydrogen-bond donors (Lipinski definition) is 0. The van der Waals surface area contributed by atoms with E-state index in [1.54, 1.807) is 0 Å². The number of pyridine rings is 1. The number of aromatic nitrogens is 1. The Morgan fingerprint density at radius 3 is 2.48 bits per heavy atom. The number of hydrogen-bond acceptors (Lipinski definition) is 4. The number of halogens is 6. The Morgan fingerprint density at radius 1 is 1.43 bits per heavy atom. The van der Waals surface area contributed by atoms with Crippen LogP contribution < -0.4 is 4.74 Å². The van der Waals surface area contributed by atoms with E-state index in [0.717, 1.165) is 7.11 Å². The van der Waals surface area contributed by atoms with Crippen molar-refractivity contribution in [1.82, 2.24) is 4.98 Å². The maximum Gasteiger partial charge on any atom is 0.573 e. The van der Waals surface area contributed by atoms with Crippen LogP contribution >= 0.6 is 11.6 Å². The van der Waals surface area contributed by atoms with Crippen molar-refractivity contribution >= 4 is 17.6 Å². The van der Waals surface area contributed by atoms with Crippen LogP contribution in [0.3, 0.4) is 0 Å². The number of nitrogens with zero attached hydrogens (tertiary/aromatic N) is 1. The average Bonchev–Trinajstić information content (AvgIpc) is 2.38. The molecule has 0 aliphatic heterocycles. The molecule has 21 heavy (non-hydrogen) atoms. The van der Waals surface area contributed by atoms with Crippen molar-refractivity contribution in [3.05, 3.63) is 23.0 Å². The van der Waals surface area contributed by atoms with Crippen molar-refractivity contribution in [2.45, 2.75) is 25.1 Å². The molecule has 1 rings (SSSR count). The number of esters is 1. The molecular formula is C11H9ClF5NO3. The molecule has 4 nitrogen and oxygen atoms in total. The summed E-state index contributed by atoms with van der Waals surface area (Å²) in [4.78, 5) is 14.8. The van der Waals surface area contributed by atoms with E-state index in [2.05, 4.69) is 14.5 Å². The molecule has 0 aliphatic rings. The highest BCUT2D eigenvalue weighted by atomic mass is 35.5. The van der Waals surface area contributed by atoms with E-state index in [9.17, 15) is 26.7 Å². The summed E-state index contributed by atoms with van der Waals surface area (Å²) >= 11 is 5.49. The van der Waals surface area contributed by atoms with Gasteiger partial charge < -0.3 is 9.47 Å². The van der Waals surface area contributed by atoms with Crippen molar-refractivity contribution in [3.8, 4) is 5.75 Å². The topological polar surface area (TPSA) is 48.4 Å². The second kappa shape index (κ2) is 6.88. The second-order valence-electron chi connectivity index (χ2n) is 3.70. The Kier molecular flexibility index (Phi) is 5.70. The van der Waals surface area contributed by atoms with Crippen LogP contribution in [0.5, 0.6) is 5.75 Å². The van der Waals surface area contributed by atoms with Gasteiger partial charge in [-0.1, -0.05) is 0 Å². The highest BCUT2D eigenvalue weighted by Crippen LogP contribution is 2.37. The van der Waals surface area contributed by atoms with E-state index in [4.69, 9.17) is 11.6 Å². The van der Waals surface area contributed by atoms with Gasteiger partial charge in [0.2, 0.25) is 0 Å². The normalized spacial score (nSPS) is 11.6. The maximum absolute atomic E-state index is 12.8. The van der Waals surface area contributed by atoms with E-state index < -0.39 is 42.1 Å². The largest absolute Gasteiger partial charge is 0.573 e. The predicted molar refractivity (Wildman–Crippen MR) is 61.2 cm³/mol. The lowest BCUT2D eigenvalue weighted by atomic mass is 10.1. The zero-order valence-corrected chi connectivity index (χ0v) is 11.3. The predicted octanol–water partition coefficient (Wildman–Crippen LogP) is 3.37. The minimum absolute atomic E-state index is 0.175. The van der Waals surface area contributed by atoms with Gasteiger partial charge in [-0.15, -0.1) is 24.8 Å². The van der Waals surface area contributed by atoms with Gasteiger partial charge in [0.25, 0.3) is 6.43 Å². The SMILES string of the molecule is COC(=O)Cc1c(CCl)ncc(C(F)F)c1OC(F)(F)F. The molecule has 118 valence electrons. The monoisotopic (exact) mass is 333 g/mol. The lowest BCUT2D eigenvalue weighted by Crippen LogP contribution is -2.21. The maximum atomic E-state index is 12.8. The molecule has 0 bridgehead atoms. The highest BCUT2D eigenvalue weighted by molar-refractivity contribution is 6.17. The van der Waals surface area contributed by atoms with Crippen LogP contribution in [0, 0.1) is 0 Å². The first-order valence-electron chi connectivity index (χ1n) is 5.37. The molecule has 1 heterocycles. The number of methoxy groups -OCH3 is 1. The van der Waals surface area contributed by atoms with E-state index in [1.807, 2.05) is 0 Å². The molecule has 0 N–H and O–H groups in total. The van der Waals surface area contributed by atoms with Gasteiger partial charge in [-0.05, 0) is 0 Å². The highest BCUT2D eigenvalue weighted by Gasteiger charge is 2.36. The molecule has 0 fully saturated rings. The van der Waals surface area contributed by atoms with Crippen LogP contribution in [0.2, 0.25) is 0 Å². The molecule has 0 aliphatic carbocycles. The van der Waals surface area contributed by atoms with Gasteiger partial charge in [0, 0.05) is 11.8 Å². The minimum atomic E-state index is -5.21. The number of rotatable bonds is 5. The summed E-state index contributed by atoms with van der Waals surface area (Å²) in [6.45, 7) is 0. The van der Waals surface area contributed by atoms with Crippen molar-refractivity contribution in [3.63, 3.8) is 0 Å². The molecular weight excluding hydrogens is 325 g/mol. The van der Waals surface area contributed by atoms with Crippen LogP contribution in [-0.4, -0.2) is 24.4 Å². The van der Waals surface area contributed by atoms with Gasteiger partial charge >= 0.3 is 12.3 Å². The zero-order chi connectivity index (χ0) is 16.2. The van der Waals surface area contributed by atoms with Gasteiger partial charge in [-0.25, -0.2) is 8.78 Å². The van der Waals surface area contributed by atoms with E-state index in [1.165, 1.54) is 0 Å². The smallest absolute Gasteiger partial charge is 0.469 e. The first-order valence-corrected chi connectivity index (χ1v) is 5.90. The van der Waals surface area contributed by atoms with Crippen LogP contribution in [-0.2, 0) is 21.8 Å². The molecule has 10 heteroatoms. The fourth-order valence-electron chi connectivity index (χ4n) is 1.49. The standard InChI is InChI=1S/C11H9ClF5NO3/c1-20-8(19)2-5-7(3-12)18-4-6(10(13)14)9(5)21-11(15,16)17/h4,10H,2-3H2,1H3. The molecule has 0 unspecified atom stereocenters. The Hall–Kier alpha value is -1.64. The lowest BCUT2D eigenvalue weighted by Gasteiger charge is -2.18. The molecule has 0 spiro atoms. The van der Waals surface area contributed by atoms with E-state index in [-0.39, 0.29) is 11.6 Å². The molecule has 1 aromatic rings. The van der Waals surface area contributed by atoms with Gasteiger partial charge in [0.1, 0.15) is 5.75 Å².